The summed E-state index contributed by atoms with van der Waals surface area (Å²) in [6, 6.07) is 4.29. The van der Waals surface area contributed by atoms with Crippen LogP contribution >= 0.6 is 0 Å². The second kappa shape index (κ2) is 6.71. The van der Waals surface area contributed by atoms with Crippen LogP contribution < -0.4 is 0 Å². The molecule has 1 aromatic carbocycles. The number of carbonyl (C=O) groups excluding carboxylic acids is 2. The van der Waals surface area contributed by atoms with Crippen molar-refractivity contribution < 1.29 is 19.2 Å². The van der Waals surface area contributed by atoms with Crippen LogP contribution in [0, 0.1) is 34.8 Å². The van der Waals surface area contributed by atoms with E-state index in [0.717, 1.165) is 12.3 Å². The molecule has 1 aromatic rings. The van der Waals surface area contributed by atoms with Crippen LogP contribution in [0.3, 0.4) is 0 Å². The summed E-state index contributed by atoms with van der Waals surface area (Å²) in [6.07, 6.45) is 5.18. The molecule has 6 heteroatoms. The highest BCUT2D eigenvalue weighted by molar-refractivity contribution is 5.98. The molecule has 128 valence electrons. The molecular weight excluding hydrogens is 310 g/mol. The molecule has 24 heavy (non-hydrogen) atoms. The molecule has 0 heterocycles. The van der Waals surface area contributed by atoms with Crippen molar-refractivity contribution in [3.8, 4) is 0 Å². The fourth-order valence-corrected chi connectivity index (χ4v) is 4.11. The van der Waals surface area contributed by atoms with E-state index in [9.17, 15) is 19.7 Å². The molecular formula is C18H21NO5. The number of nitro groups is 1. The molecule has 0 spiro atoms. The Labute approximate surface area is 140 Å². The summed E-state index contributed by atoms with van der Waals surface area (Å²) in [5.41, 5.74) is 0.582. The number of nitrogens with zero attached hydrogens (tertiary/aromatic N) is 1. The Morgan fingerprint density at radius 3 is 2.71 bits per heavy atom. The van der Waals surface area contributed by atoms with E-state index in [0.29, 0.717) is 23.8 Å². The van der Waals surface area contributed by atoms with Gasteiger partial charge < -0.3 is 4.74 Å². The molecule has 0 radical (unpaired) electrons. The van der Waals surface area contributed by atoms with Crippen molar-refractivity contribution in [2.45, 2.75) is 39.0 Å². The molecule has 0 unspecified atom stereocenters. The molecule has 0 saturated heterocycles. The van der Waals surface area contributed by atoms with Gasteiger partial charge in [-0.25, -0.2) is 0 Å². The maximum atomic E-state index is 12.1. The second-order valence-electron chi connectivity index (χ2n) is 6.98. The van der Waals surface area contributed by atoms with Crippen molar-refractivity contribution in [3.63, 3.8) is 0 Å². The lowest BCUT2D eigenvalue weighted by atomic mass is 9.86. The van der Waals surface area contributed by atoms with Gasteiger partial charge in [-0.05, 0) is 43.9 Å². The molecule has 0 N–H and O–H groups in total. The minimum Gasteiger partial charge on any atom is -0.457 e. The SMILES string of the molecule is Cc1ccc(C(=O)COC(=O)C[C@H]2C[C@@H]3CC[C@@H]2C3)cc1[N+](=O)[O-]. The number of ketones is 1. The zero-order valence-electron chi connectivity index (χ0n) is 13.7. The Morgan fingerprint density at radius 1 is 1.29 bits per heavy atom. The maximum absolute atomic E-state index is 12.1. The van der Waals surface area contributed by atoms with Crippen LogP contribution in [0.1, 0.15) is 48.0 Å². The van der Waals surface area contributed by atoms with Gasteiger partial charge in [0.25, 0.3) is 5.69 Å². The van der Waals surface area contributed by atoms with Gasteiger partial charge in [-0.15, -0.1) is 0 Å². The third kappa shape index (κ3) is 3.47. The molecule has 2 saturated carbocycles. The molecule has 0 amide bonds. The number of aryl methyl sites for hydroxylation is 1. The van der Waals surface area contributed by atoms with E-state index < -0.39 is 10.7 Å². The Balaban J connectivity index is 1.52. The van der Waals surface area contributed by atoms with Crippen molar-refractivity contribution in [2.24, 2.45) is 17.8 Å². The summed E-state index contributed by atoms with van der Waals surface area (Å²) in [6.45, 7) is 1.25. The van der Waals surface area contributed by atoms with E-state index in [2.05, 4.69) is 0 Å². The lowest BCUT2D eigenvalue weighted by Gasteiger charge is -2.20. The average molecular weight is 331 g/mol. The van der Waals surface area contributed by atoms with Crippen LogP contribution in [0.2, 0.25) is 0 Å². The number of hydrogen-bond acceptors (Lipinski definition) is 5. The zero-order chi connectivity index (χ0) is 17.3. The summed E-state index contributed by atoms with van der Waals surface area (Å²) < 4.78 is 5.10. The number of hydrogen-bond donors (Lipinski definition) is 0. The normalized spacial score (nSPS) is 24.8. The molecule has 0 aromatic heterocycles. The van der Waals surface area contributed by atoms with Crippen molar-refractivity contribution in [1.29, 1.82) is 0 Å². The van der Waals surface area contributed by atoms with Gasteiger partial charge in [-0.1, -0.05) is 18.6 Å². The van der Waals surface area contributed by atoms with Gasteiger partial charge in [-0.3, -0.25) is 19.7 Å². The van der Waals surface area contributed by atoms with E-state index in [1.165, 1.54) is 37.5 Å². The average Bonchev–Trinajstić information content (AvgIpc) is 3.15. The summed E-state index contributed by atoms with van der Waals surface area (Å²) in [5, 5.41) is 10.9. The maximum Gasteiger partial charge on any atom is 0.306 e. The fraction of sp³-hybridized carbons (Fsp3) is 0.556. The first-order valence-electron chi connectivity index (χ1n) is 8.38. The lowest BCUT2D eigenvalue weighted by Crippen LogP contribution is -2.19. The Hall–Kier alpha value is -2.24. The topological polar surface area (TPSA) is 86.5 Å². The molecule has 2 bridgehead atoms. The van der Waals surface area contributed by atoms with Crippen molar-refractivity contribution in [3.05, 3.63) is 39.4 Å². The van der Waals surface area contributed by atoms with Crippen molar-refractivity contribution in [1.82, 2.24) is 0 Å². The quantitative estimate of drug-likeness (QED) is 0.345. The van der Waals surface area contributed by atoms with E-state index >= 15 is 0 Å². The number of nitro benzene ring substituents is 1. The third-order valence-electron chi connectivity index (χ3n) is 5.41. The molecule has 2 aliphatic rings. The van der Waals surface area contributed by atoms with Crippen LogP contribution in [0.15, 0.2) is 18.2 Å². The number of fused-ring (bicyclic) bond motifs is 2. The summed E-state index contributed by atoms with van der Waals surface area (Å²) in [4.78, 5) is 34.5. The largest absolute Gasteiger partial charge is 0.457 e. The van der Waals surface area contributed by atoms with Crippen LogP contribution in [-0.4, -0.2) is 23.3 Å². The number of esters is 1. The van der Waals surface area contributed by atoms with Gasteiger partial charge in [0.1, 0.15) is 0 Å². The summed E-state index contributed by atoms with van der Waals surface area (Å²) in [5.74, 6) is 1.04. The fourth-order valence-electron chi connectivity index (χ4n) is 4.11. The molecule has 3 atom stereocenters. The molecule has 0 aliphatic heterocycles. The van der Waals surface area contributed by atoms with Crippen LogP contribution in [0.25, 0.3) is 0 Å². The van der Waals surface area contributed by atoms with Crippen LogP contribution in [0.4, 0.5) is 5.69 Å². The minimum absolute atomic E-state index is 0.103. The van der Waals surface area contributed by atoms with Crippen LogP contribution in [0.5, 0.6) is 0 Å². The highest BCUT2D eigenvalue weighted by atomic mass is 16.6. The molecule has 3 rings (SSSR count). The first kappa shape index (κ1) is 16.6. The molecule has 6 nitrogen and oxygen atoms in total. The second-order valence-corrected chi connectivity index (χ2v) is 6.98. The van der Waals surface area contributed by atoms with Gasteiger partial charge in [-0.2, -0.15) is 0 Å². The number of rotatable bonds is 6. The highest BCUT2D eigenvalue weighted by Gasteiger charge is 2.40. The van der Waals surface area contributed by atoms with Crippen LogP contribution in [-0.2, 0) is 9.53 Å². The van der Waals surface area contributed by atoms with Crippen molar-refractivity contribution >= 4 is 17.4 Å². The number of carbonyl (C=O) groups is 2. The van der Waals surface area contributed by atoms with E-state index in [4.69, 9.17) is 4.74 Å². The van der Waals surface area contributed by atoms with E-state index in [1.807, 2.05) is 0 Å². The number of benzene rings is 1. The molecule has 2 fully saturated rings. The smallest absolute Gasteiger partial charge is 0.306 e. The monoisotopic (exact) mass is 331 g/mol. The standard InChI is InChI=1S/C18H21NO5/c1-11-2-4-14(8-16(11)19(22)23)17(20)10-24-18(21)9-15-7-12-3-5-13(15)6-12/h2,4,8,12-13,15H,3,5-7,9-10H2,1H3/t12-,13-,15-/m1/s1. The van der Waals surface area contributed by atoms with E-state index in [-0.39, 0.29) is 23.8 Å². The zero-order valence-corrected chi connectivity index (χ0v) is 13.7. The van der Waals surface area contributed by atoms with Crippen molar-refractivity contribution in [2.75, 3.05) is 6.61 Å². The Morgan fingerprint density at radius 2 is 2.08 bits per heavy atom. The number of ether oxygens (including phenoxy) is 1. The van der Waals surface area contributed by atoms with E-state index in [1.54, 1.807) is 6.92 Å². The molecule has 2 aliphatic carbocycles. The van der Waals surface area contributed by atoms with Gasteiger partial charge in [0, 0.05) is 23.6 Å². The minimum atomic E-state index is -0.521. The Kier molecular flexibility index (Phi) is 4.64. The first-order valence-corrected chi connectivity index (χ1v) is 8.38. The Bertz CT molecular complexity index is 684. The summed E-state index contributed by atoms with van der Waals surface area (Å²) in [7, 11) is 0. The predicted octanol–water partition coefficient (Wildman–Crippen LogP) is 3.46. The van der Waals surface area contributed by atoms with Gasteiger partial charge in [0.05, 0.1) is 4.92 Å². The van der Waals surface area contributed by atoms with Gasteiger partial charge >= 0.3 is 5.97 Å². The third-order valence-corrected chi connectivity index (χ3v) is 5.41. The number of Topliss-reactive ketones (excluding diaryl/α,β-unsaturated/α-hetero) is 1. The highest BCUT2D eigenvalue weighted by Crippen LogP contribution is 2.49. The summed E-state index contributed by atoms with van der Waals surface area (Å²) >= 11 is 0. The predicted molar refractivity (Wildman–Crippen MR) is 86.7 cm³/mol. The van der Waals surface area contributed by atoms with Gasteiger partial charge in [0.2, 0.25) is 5.78 Å². The first-order chi connectivity index (χ1) is 11.4. The lowest BCUT2D eigenvalue weighted by molar-refractivity contribution is -0.385. The van der Waals surface area contributed by atoms with Gasteiger partial charge in [0.15, 0.2) is 6.61 Å².